The molecule has 1 amide bonds. The summed E-state index contributed by atoms with van der Waals surface area (Å²) in [6, 6.07) is 9.46. The van der Waals surface area contributed by atoms with Crippen molar-refractivity contribution in [2.75, 3.05) is 19.6 Å². The van der Waals surface area contributed by atoms with E-state index >= 15 is 0 Å². The average molecular weight is 390 g/mol. The summed E-state index contributed by atoms with van der Waals surface area (Å²) in [5, 5.41) is 3.62. The number of carbonyl (C=O) groups is 1. The third kappa shape index (κ3) is 4.60. The first-order chi connectivity index (χ1) is 12.8. The van der Waals surface area contributed by atoms with E-state index in [1.807, 2.05) is 37.3 Å². The Hall–Kier alpha value is -2.11. The largest absolute Gasteiger partial charge is 0.350 e. The smallest absolute Gasteiger partial charge is 0.263 e. The molecule has 0 aliphatic rings. The Balaban J connectivity index is 2.30. The molecule has 1 aromatic carbocycles. The van der Waals surface area contributed by atoms with Gasteiger partial charge >= 0.3 is 0 Å². The molecule has 0 saturated heterocycles. The lowest BCUT2D eigenvalue weighted by Gasteiger charge is -2.31. The lowest BCUT2D eigenvalue weighted by molar-refractivity contribution is 0.0932. The summed E-state index contributed by atoms with van der Waals surface area (Å²) in [5.41, 5.74) is 2.40. The van der Waals surface area contributed by atoms with Gasteiger partial charge in [-0.1, -0.05) is 43.6 Å². The molecule has 1 heterocycles. The van der Waals surface area contributed by atoms with Crippen molar-refractivity contribution in [2.45, 2.75) is 33.7 Å². The van der Waals surface area contributed by atoms with E-state index in [0.717, 1.165) is 24.3 Å². The van der Waals surface area contributed by atoms with Gasteiger partial charge in [-0.05, 0) is 50.2 Å². The Labute approximate surface area is 166 Å². The summed E-state index contributed by atoms with van der Waals surface area (Å²) in [6.07, 6.45) is 0. The molecule has 6 heteroatoms. The molecule has 5 nitrogen and oxygen atoms in total. The molecular weight excluding hydrogens is 362 g/mol. The van der Waals surface area contributed by atoms with Crippen LogP contribution in [0.4, 0.5) is 0 Å². The minimum atomic E-state index is -0.350. The van der Waals surface area contributed by atoms with Crippen LogP contribution < -0.4 is 10.9 Å². The Bertz CT molecular complexity index is 872. The Morgan fingerprint density at radius 2 is 1.85 bits per heavy atom. The Morgan fingerprint density at radius 3 is 2.44 bits per heavy atom. The van der Waals surface area contributed by atoms with Crippen LogP contribution in [0.1, 0.15) is 47.1 Å². The molecule has 0 bridgehead atoms. The quantitative estimate of drug-likeness (QED) is 0.788. The highest BCUT2D eigenvalue weighted by Crippen LogP contribution is 2.27. The van der Waals surface area contributed by atoms with Gasteiger partial charge in [-0.3, -0.25) is 14.5 Å². The zero-order chi connectivity index (χ0) is 20.1. The molecule has 0 aliphatic carbocycles. The normalized spacial score (nSPS) is 12.3. The molecule has 1 N–H and O–H groups in total. The van der Waals surface area contributed by atoms with Gasteiger partial charge in [-0.2, -0.15) is 0 Å². The van der Waals surface area contributed by atoms with Crippen molar-refractivity contribution >= 4 is 17.5 Å². The third-order valence-corrected chi connectivity index (χ3v) is 5.41. The summed E-state index contributed by atoms with van der Waals surface area (Å²) in [6.45, 7) is 9.83. The van der Waals surface area contributed by atoms with Gasteiger partial charge in [0.25, 0.3) is 11.5 Å². The van der Waals surface area contributed by atoms with Crippen LogP contribution in [-0.2, 0) is 7.05 Å². The number of aromatic nitrogens is 1. The Kier molecular flexibility index (Phi) is 7.22. The van der Waals surface area contributed by atoms with Crippen LogP contribution in [0.5, 0.6) is 0 Å². The molecule has 0 aliphatic heterocycles. The SMILES string of the molecule is CCN(CC)C(CNC(=O)c1c(C)cc(C)n(C)c1=O)c1ccccc1Cl. The van der Waals surface area contributed by atoms with E-state index < -0.39 is 0 Å². The summed E-state index contributed by atoms with van der Waals surface area (Å²) < 4.78 is 1.50. The zero-order valence-electron chi connectivity index (χ0n) is 16.7. The number of benzene rings is 1. The van der Waals surface area contributed by atoms with Crippen LogP contribution in [0.3, 0.4) is 0 Å². The van der Waals surface area contributed by atoms with Gasteiger partial charge in [0.15, 0.2) is 0 Å². The number of rotatable bonds is 7. The summed E-state index contributed by atoms with van der Waals surface area (Å²) in [7, 11) is 1.68. The van der Waals surface area contributed by atoms with E-state index in [1.54, 1.807) is 14.0 Å². The molecule has 1 unspecified atom stereocenters. The second-order valence-corrected chi connectivity index (χ2v) is 7.08. The first kappa shape index (κ1) is 21.2. The average Bonchev–Trinajstić information content (AvgIpc) is 2.64. The van der Waals surface area contributed by atoms with E-state index in [2.05, 4.69) is 24.1 Å². The van der Waals surface area contributed by atoms with Crippen LogP contribution in [0.2, 0.25) is 5.02 Å². The predicted molar refractivity (Wildman–Crippen MR) is 111 cm³/mol. The van der Waals surface area contributed by atoms with Gasteiger partial charge in [-0.25, -0.2) is 0 Å². The minimum Gasteiger partial charge on any atom is -0.350 e. The molecule has 27 heavy (non-hydrogen) atoms. The van der Waals surface area contributed by atoms with E-state index in [-0.39, 0.29) is 23.1 Å². The molecule has 0 fully saturated rings. The maximum atomic E-state index is 12.8. The van der Waals surface area contributed by atoms with Gasteiger partial charge in [0.05, 0.1) is 6.04 Å². The highest BCUT2D eigenvalue weighted by atomic mass is 35.5. The van der Waals surface area contributed by atoms with Gasteiger partial charge in [0.1, 0.15) is 5.56 Å². The number of aryl methyl sites for hydroxylation is 2. The number of nitrogens with one attached hydrogen (secondary N) is 1. The fourth-order valence-electron chi connectivity index (χ4n) is 3.38. The highest BCUT2D eigenvalue weighted by molar-refractivity contribution is 6.31. The van der Waals surface area contributed by atoms with Crippen LogP contribution in [0.25, 0.3) is 0 Å². The fraction of sp³-hybridized carbons (Fsp3) is 0.429. The summed E-state index contributed by atoms with van der Waals surface area (Å²) >= 11 is 6.41. The zero-order valence-corrected chi connectivity index (χ0v) is 17.4. The third-order valence-electron chi connectivity index (χ3n) is 5.07. The van der Waals surface area contributed by atoms with Crippen molar-refractivity contribution in [3.05, 3.63) is 68.1 Å². The van der Waals surface area contributed by atoms with E-state index in [1.165, 1.54) is 4.57 Å². The molecule has 2 aromatic rings. The van der Waals surface area contributed by atoms with Crippen molar-refractivity contribution in [3.63, 3.8) is 0 Å². The number of hydrogen-bond donors (Lipinski definition) is 1. The van der Waals surface area contributed by atoms with E-state index in [0.29, 0.717) is 17.1 Å². The second kappa shape index (κ2) is 9.20. The van der Waals surface area contributed by atoms with Crippen molar-refractivity contribution in [2.24, 2.45) is 7.05 Å². The number of pyridine rings is 1. The number of nitrogens with zero attached hydrogens (tertiary/aromatic N) is 2. The number of likely N-dealkylation sites (N-methyl/N-ethyl adjacent to an activating group) is 1. The monoisotopic (exact) mass is 389 g/mol. The van der Waals surface area contributed by atoms with Crippen molar-refractivity contribution in [3.8, 4) is 0 Å². The predicted octanol–water partition coefficient (Wildman–Crippen LogP) is 3.47. The van der Waals surface area contributed by atoms with Crippen molar-refractivity contribution in [1.29, 1.82) is 0 Å². The maximum absolute atomic E-state index is 12.8. The summed E-state index contributed by atoms with van der Waals surface area (Å²) in [5.74, 6) is -0.350. The number of hydrogen-bond acceptors (Lipinski definition) is 3. The first-order valence-electron chi connectivity index (χ1n) is 9.25. The molecule has 146 valence electrons. The van der Waals surface area contributed by atoms with Crippen LogP contribution in [0.15, 0.2) is 35.1 Å². The minimum absolute atomic E-state index is 0.0627. The van der Waals surface area contributed by atoms with Crippen molar-refractivity contribution < 1.29 is 4.79 Å². The van der Waals surface area contributed by atoms with Gasteiger partial charge in [-0.15, -0.1) is 0 Å². The van der Waals surface area contributed by atoms with Gasteiger partial charge < -0.3 is 9.88 Å². The molecule has 0 spiro atoms. The lowest BCUT2D eigenvalue weighted by Crippen LogP contribution is -2.40. The molecule has 1 aromatic heterocycles. The molecule has 0 radical (unpaired) electrons. The topological polar surface area (TPSA) is 54.3 Å². The standard InChI is InChI=1S/C21H28ClN3O2/c1-6-25(7-2)18(16-10-8-9-11-17(16)22)13-23-20(26)19-14(3)12-15(4)24(5)21(19)27/h8-12,18H,6-7,13H2,1-5H3,(H,23,26). The summed E-state index contributed by atoms with van der Waals surface area (Å²) in [4.78, 5) is 27.6. The fourth-order valence-corrected chi connectivity index (χ4v) is 3.64. The van der Waals surface area contributed by atoms with Crippen LogP contribution in [-0.4, -0.2) is 35.0 Å². The molecular formula is C21H28ClN3O2. The van der Waals surface area contributed by atoms with Crippen LogP contribution >= 0.6 is 11.6 Å². The molecule has 1 atom stereocenters. The van der Waals surface area contributed by atoms with E-state index in [4.69, 9.17) is 11.6 Å². The molecule has 2 rings (SSSR count). The van der Waals surface area contributed by atoms with Gasteiger partial charge in [0, 0.05) is 24.3 Å². The Morgan fingerprint density at radius 1 is 1.22 bits per heavy atom. The van der Waals surface area contributed by atoms with Crippen LogP contribution in [0, 0.1) is 13.8 Å². The number of amides is 1. The lowest BCUT2D eigenvalue weighted by atomic mass is 10.0. The molecule has 0 saturated carbocycles. The van der Waals surface area contributed by atoms with Gasteiger partial charge in [0.2, 0.25) is 0 Å². The second-order valence-electron chi connectivity index (χ2n) is 6.68. The van der Waals surface area contributed by atoms with Crippen molar-refractivity contribution in [1.82, 2.24) is 14.8 Å². The van der Waals surface area contributed by atoms with E-state index in [9.17, 15) is 9.59 Å². The number of carbonyl (C=O) groups excluding carboxylic acids is 1. The number of halogens is 1. The highest BCUT2D eigenvalue weighted by Gasteiger charge is 2.23. The first-order valence-corrected chi connectivity index (χ1v) is 9.63. The maximum Gasteiger partial charge on any atom is 0.263 e.